The van der Waals surface area contributed by atoms with E-state index in [-0.39, 0.29) is 11.3 Å². The van der Waals surface area contributed by atoms with E-state index in [0.717, 1.165) is 30.5 Å². The fourth-order valence-corrected chi connectivity index (χ4v) is 2.47. The number of nitrogen functional groups attached to an aromatic ring is 1. The predicted molar refractivity (Wildman–Crippen MR) is 78.1 cm³/mol. The first kappa shape index (κ1) is 13.6. The SMILES string of the molecule is Cc1c(N)cccc1C(=O)N/N=C1/CCCC1(C)C. The summed E-state index contributed by atoms with van der Waals surface area (Å²) in [5, 5.41) is 4.30. The van der Waals surface area contributed by atoms with Crippen LogP contribution in [0, 0.1) is 12.3 Å². The quantitative estimate of drug-likeness (QED) is 0.633. The Bertz CT molecular complexity index is 532. The van der Waals surface area contributed by atoms with E-state index in [1.165, 1.54) is 0 Å². The molecule has 0 unspecified atom stereocenters. The molecule has 0 radical (unpaired) electrons. The molecule has 0 spiro atoms. The van der Waals surface area contributed by atoms with Crippen LogP contribution in [-0.4, -0.2) is 11.6 Å². The highest BCUT2D eigenvalue weighted by atomic mass is 16.2. The molecule has 4 nitrogen and oxygen atoms in total. The van der Waals surface area contributed by atoms with Crippen LogP contribution in [0.4, 0.5) is 5.69 Å². The van der Waals surface area contributed by atoms with Gasteiger partial charge in [0.1, 0.15) is 0 Å². The summed E-state index contributed by atoms with van der Waals surface area (Å²) in [4.78, 5) is 12.1. The molecule has 4 heteroatoms. The van der Waals surface area contributed by atoms with E-state index in [1.54, 1.807) is 18.2 Å². The minimum absolute atomic E-state index is 0.0953. The predicted octanol–water partition coefficient (Wildman–Crippen LogP) is 2.87. The lowest BCUT2D eigenvalue weighted by atomic mass is 9.90. The van der Waals surface area contributed by atoms with Gasteiger partial charge in [0.25, 0.3) is 5.91 Å². The molecule has 0 saturated heterocycles. The maximum atomic E-state index is 12.1. The standard InChI is InChI=1S/C15H21N3O/c1-10-11(6-4-7-12(10)16)14(19)18-17-13-8-5-9-15(13,2)3/h4,6-7H,5,8-9,16H2,1-3H3,(H,18,19)/b17-13-. The molecule has 0 bridgehead atoms. The van der Waals surface area contributed by atoms with E-state index in [0.29, 0.717) is 11.3 Å². The van der Waals surface area contributed by atoms with E-state index in [9.17, 15) is 4.79 Å². The zero-order chi connectivity index (χ0) is 14.0. The Morgan fingerprint density at radius 2 is 2.16 bits per heavy atom. The summed E-state index contributed by atoms with van der Waals surface area (Å²) in [5.74, 6) is -0.194. The molecular formula is C15H21N3O. The first-order valence-corrected chi connectivity index (χ1v) is 6.64. The summed E-state index contributed by atoms with van der Waals surface area (Å²) in [7, 11) is 0. The van der Waals surface area contributed by atoms with Gasteiger partial charge in [-0.05, 0) is 43.9 Å². The van der Waals surface area contributed by atoms with Crippen LogP contribution in [0.1, 0.15) is 49.0 Å². The number of nitrogens with one attached hydrogen (secondary N) is 1. The molecule has 3 N–H and O–H groups in total. The van der Waals surface area contributed by atoms with Crippen LogP contribution in [0.3, 0.4) is 0 Å². The monoisotopic (exact) mass is 259 g/mol. The Labute approximate surface area is 114 Å². The smallest absolute Gasteiger partial charge is 0.271 e. The first-order chi connectivity index (χ1) is 8.92. The molecule has 0 aromatic heterocycles. The van der Waals surface area contributed by atoms with Crippen LogP contribution in [0.15, 0.2) is 23.3 Å². The van der Waals surface area contributed by atoms with Crippen LogP contribution in [-0.2, 0) is 0 Å². The largest absolute Gasteiger partial charge is 0.398 e. The zero-order valence-corrected chi connectivity index (χ0v) is 11.8. The number of hydrogen-bond donors (Lipinski definition) is 2. The lowest BCUT2D eigenvalue weighted by Gasteiger charge is -2.17. The third kappa shape index (κ3) is 2.78. The van der Waals surface area contributed by atoms with E-state index in [1.807, 2.05) is 6.92 Å². The number of hydrazone groups is 1. The second kappa shape index (κ2) is 5.03. The first-order valence-electron chi connectivity index (χ1n) is 6.64. The second-order valence-electron chi connectivity index (χ2n) is 5.76. The number of benzene rings is 1. The molecule has 0 aliphatic heterocycles. The van der Waals surface area contributed by atoms with Gasteiger partial charge in [-0.3, -0.25) is 4.79 Å². The lowest BCUT2D eigenvalue weighted by molar-refractivity contribution is 0.0954. The molecule has 0 heterocycles. The van der Waals surface area contributed by atoms with Crippen LogP contribution < -0.4 is 11.2 Å². The maximum absolute atomic E-state index is 12.1. The van der Waals surface area contributed by atoms with Crippen LogP contribution >= 0.6 is 0 Å². The fourth-order valence-electron chi connectivity index (χ4n) is 2.47. The van der Waals surface area contributed by atoms with E-state index < -0.39 is 0 Å². The van der Waals surface area contributed by atoms with E-state index in [2.05, 4.69) is 24.4 Å². The van der Waals surface area contributed by atoms with Gasteiger partial charge in [0, 0.05) is 22.4 Å². The third-order valence-electron chi connectivity index (χ3n) is 3.91. The minimum atomic E-state index is -0.194. The number of hydrogen-bond acceptors (Lipinski definition) is 3. The van der Waals surface area contributed by atoms with Crippen molar-refractivity contribution >= 4 is 17.3 Å². The molecule has 1 fully saturated rings. The number of nitrogens with two attached hydrogens (primary N) is 1. The fraction of sp³-hybridized carbons (Fsp3) is 0.467. The highest BCUT2D eigenvalue weighted by Crippen LogP contribution is 2.34. The summed E-state index contributed by atoms with van der Waals surface area (Å²) >= 11 is 0. The average molecular weight is 259 g/mol. The summed E-state index contributed by atoms with van der Waals surface area (Å²) < 4.78 is 0. The average Bonchev–Trinajstić information content (AvgIpc) is 2.69. The van der Waals surface area contributed by atoms with Crippen LogP contribution in [0.5, 0.6) is 0 Å². The summed E-state index contributed by atoms with van der Waals surface area (Å²) in [6.45, 7) is 6.17. The van der Waals surface area contributed by atoms with Crippen LogP contribution in [0.25, 0.3) is 0 Å². The summed E-state index contributed by atoms with van der Waals surface area (Å²) in [5.41, 5.74) is 11.6. The summed E-state index contributed by atoms with van der Waals surface area (Å²) in [6.07, 6.45) is 3.22. The number of rotatable bonds is 2. The van der Waals surface area contributed by atoms with Gasteiger partial charge in [0.05, 0.1) is 0 Å². The van der Waals surface area contributed by atoms with Gasteiger partial charge in [0.2, 0.25) is 0 Å². The van der Waals surface area contributed by atoms with Crippen LogP contribution in [0.2, 0.25) is 0 Å². The third-order valence-corrected chi connectivity index (χ3v) is 3.91. The van der Waals surface area contributed by atoms with Gasteiger partial charge in [0.15, 0.2) is 0 Å². The number of anilines is 1. The molecule has 1 aliphatic rings. The van der Waals surface area contributed by atoms with Crippen molar-refractivity contribution in [2.24, 2.45) is 10.5 Å². The Hall–Kier alpha value is -1.84. The van der Waals surface area contributed by atoms with Crippen molar-refractivity contribution in [3.63, 3.8) is 0 Å². The van der Waals surface area contributed by atoms with Crippen molar-refractivity contribution in [3.8, 4) is 0 Å². The van der Waals surface area contributed by atoms with Gasteiger partial charge in [-0.2, -0.15) is 5.10 Å². The number of nitrogens with zero attached hydrogens (tertiary/aromatic N) is 1. The molecule has 2 rings (SSSR count). The van der Waals surface area contributed by atoms with Crippen molar-refractivity contribution in [1.29, 1.82) is 0 Å². The van der Waals surface area contributed by atoms with Crippen molar-refractivity contribution in [1.82, 2.24) is 5.43 Å². The molecule has 1 aliphatic carbocycles. The van der Waals surface area contributed by atoms with Gasteiger partial charge in [-0.1, -0.05) is 19.9 Å². The van der Waals surface area contributed by atoms with Crippen molar-refractivity contribution in [2.75, 3.05) is 5.73 Å². The highest BCUT2D eigenvalue weighted by Gasteiger charge is 2.30. The number of carbonyl (C=O) groups is 1. The Balaban J connectivity index is 2.14. The normalized spacial score (nSPS) is 19.6. The molecule has 19 heavy (non-hydrogen) atoms. The molecule has 1 amide bonds. The number of amides is 1. The topological polar surface area (TPSA) is 67.5 Å². The molecule has 1 aromatic rings. The van der Waals surface area contributed by atoms with Gasteiger partial charge in [-0.25, -0.2) is 5.43 Å². The number of carbonyl (C=O) groups excluding carboxylic acids is 1. The van der Waals surface area contributed by atoms with Crippen molar-refractivity contribution in [2.45, 2.75) is 40.0 Å². The second-order valence-corrected chi connectivity index (χ2v) is 5.76. The molecule has 1 saturated carbocycles. The maximum Gasteiger partial charge on any atom is 0.271 e. The van der Waals surface area contributed by atoms with E-state index in [4.69, 9.17) is 5.73 Å². The van der Waals surface area contributed by atoms with Crippen molar-refractivity contribution in [3.05, 3.63) is 29.3 Å². The Morgan fingerprint density at radius 3 is 2.79 bits per heavy atom. The lowest BCUT2D eigenvalue weighted by Crippen LogP contribution is -2.25. The van der Waals surface area contributed by atoms with Gasteiger partial charge < -0.3 is 5.73 Å². The Kier molecular flexibility index (Phi) is 3.60. The summed E-state index contributed by atoms with van der Waals surface area (Å²) in [6, 6.07) is 5.34. The molecular weight excluding hydrogens is 238 g/mol. The van der Waals surface area contributed by atoms with Gasteiger partial charge >= 0.3 is 0 Å². The molecule has 102 valence electrons. The van der Waals surface area contributed by atoms with E-state index >= 15 is 0 Å². The Morgan fingerprint density at radius 1 is 1.42 bits per heavy atom. The highest BCUT2D eigenvalue weighted by molar-refractivity contribution is 5.98. The van der Waals surface area contributed by atoms with Gasteiger partial charge in [-0.15, -0.1) is 0 Å². The van der Waals surface area contributed by atoms with Crippen molar-refractivity contribution < 1.29 is 4.79 Å². The zero-order valence-electron chi connectivity index (χ0n) is 11.8. The molecule has 0 atom stereocenters. The molecule has 1 aromatic carbocycles. The minimum Gasteiger partial charge on any atom is -0.398 e.